The number of hydrogen-bond acceptors (Lipinski definition) is 5. The summed E-state index contributed by atoms with van der Waals surface area (Å²) in [6.45, 7) is 14.3. The zero-order chi connectivity index (χ0) is 21.5. The molecule has 1 fully saturated rings. The first-order valence-electron chi connectivity index (χ1n) is 10.2. The SMILES string of the molecule is C=CSC(=NC)c1ccc2cnc(C(/C=C\C(=C)N3CCN(C)CC3)=C/C)cc2c1. The molecular formula is C25H30N4S. The van der Waals surface area contributed by atoms with E-state index in [9.17, 15) is 0 Å². The predicted octanol–water partition coefficient (Wildman–Crippen LogP) is 5.21. The molecule has 1 aromatic carbocycles. The fourth-order valence-corrected chi connectivity index (χ4v) is 4.00. The fourth-order valence-electron chi connectivity index (χ4n) is 3.48. The Balaban J connectivity index is 1.82. The average molecular weight is 419 g/mol. The maximum Gasteiger partial charge on any atom is 0.101 e. The number of fused-ring (bicyclic) bond motifs is 1. The number of nitrogens with zero attached hydrogens (tertiary/aromatic N) is 4. The Bertz CT molecular complexity index is 1010. The number of thioether (sulfide) groups is 1. The van der Waals surface area contributed by atoms with Gasteiger partial charge in [-0.15, -0.1) is 0 Å². The fraction of sp³-hybridized carbons (Fsp3) is 0.280. The van der Waals surface area contributed by atoms with Gasteiger partial charge in [0, 0.05) is 56.1 Å². The molecular weight excluding hydrogens is 388 g/mol. The Morgan fingerprint density at radius 3 is 2.57 bits per heavy atom. The zero-order valence-electron chi connectivity index (χ0n) is 18.1. The van der Waals surface area contributed by atoms with E-state index >= 15 is 0 Å². The largest absolute Gasteiger partial charge is 0.369 e. The Labute approximate surface area is 184 Å². The van der Waals surface area contributed by atoms with Gasteiger partial charge >= 0.3 is 0 Å². The van der Waals surface area contributed by atoms with Gasteiger partial charge in [-0.25, -0.2) is 0 Å². The second-order valence-electron chi connectivity index (χ2n) is 7.30. The first-order chi connectivity index (χ1) is 14.5. The lowest BCUT2D eigenvalue weighted by atomic mass is 10.0. The minimum absolute atomic E-state index is 0.955. The molecule has 0 spiro atoms. The van der Waals surface area contributed by atoms with Crippen molar-refractivity contribution in [2.45, 2.75) is 6.92 Å². The van der Waals surface area contributed by atoms with Crippen molar-refractivity contribution < 1.29 is 0 Å². The van der Waals surface area contributed by atoms with Gasteiger partial charge < -0.3 is 9.80 Å². The molecule has 1 aliphatic rings. The maximum absolute atomic E-state index is 4.69. The highest BCUT2D eigenvalue weighted by atomic mass is 32.2. The number of allylic oxidation sites excluding steroid dienone is 4. The van der Waals surface area contributed by atoms with E-state index < -0.39 is 0 Å². The lowest BCUT2D eigenvalue weighted by molar-refractivity contribution is 0.190. The molecule has 0 unspecified atom stereocenters. The Morgan fingerprint density at radius 1 is 1.13 bits per heavy atom. The molecule has 0 radical (unpaired) electrons. The third-order valence-corrected chi connectivity index (χ3v) is 6.15. The highest BCUT2D eigenvalue weighted by molar-refractivity contribution is 8.16. The summed E-state index contributed by atoms with van der Waals surface area (Å²) in [7, 11) is 3.97. The standard InChI is InChI=1S/C25H30N4S/c1-6-20(9-8-19(3)29-14-12-28(5)13-15-29)24-17-23-16-21(25(26-4)30-7-2)10-11-22(23)18-27-24/h6-11,16-18H,2-3,12-15H2,1,4-5H3/b9-8-,20-6+,26-25?. The third-order valence-electron chi connectivity index (χ3n) is 5.34. The van der Waals surface area contributed by atoms with E-state index in [0.717, 1.165) is 64.5 Å². The van der Waals surface area contributed by atoms with E-state index in [1.165, 1.54) is 11.8 Å². The van der Waals surface area contributed by atoms with Crippen LogP contribution in [0.2, 0.25) is 0 Å². The molecule has 0 bridgehead atoms. The lowest BCUT2D eigenvalue weighted by Gasteiger charge is -2.34. The van der Waals surface area contributed by atoms with E-state index in [0.29, 0.717) is 0 Å². The molecule has 1 aromatic heterocycles. The van der Waals surface area contributed by atoms with Gasteiger partial charge in [-0.3, -0.25) is 9.98 Å². The van der Waals surface area contributed by atoms with Crippen LogP contribution in [-0.2, 0) is 0 Å². The molecule has 4 nitrogen and oxygen atoms in total. The van der Waals surface area contributed by atoms with E-state index in [4.69, 9.17) is 0 Å². The number of aliphatic imine (C=N–C) groups is 1. The molecule has 2 heterocycles. The molecule has 2 aromatic rings. The van der Waals surface area contributed by atoms with Gasteiger partial charge in [0.1, 0.15) is 5.04 Å². The van der Waals surface area contributed by atoms with Crippen molar-refractivity contribution in [1.29, 1.82) is 0 Å². The number of aromatic nitrogens is 1. The quantitative estimate of drug-likeness (QED) is 0.366. The van der Waals surface area contributed by atoms with Gasteiger partial charge in [0.25, 0.3) is 0 Å². The zero-order valence-corrected chi connectivity index (χ0v) is 19.0. The van der Waals surface area contributed by atoms with E-state index in [2.05, 4.69) is 82.5 Å². The Morgan fingerprint density at radius 2 is 1.90 bits per heavy atom. The van der Waals surface area contributed by atoms with Crippen LogP contribution in [0.5, 0.6) is 0 Å². The summed E-state index contributed by atoms with van der Waals surface area (Å²) >= 11 is 1.54. The number of rotatable bonds is 6. The molecule has 156 valence electrons. The first-order valence-corrected chi connectivity index (χ1v) is 11.1. The number of likely N-dealkylation sites (N-methyl/N-ethyl adjacent to an activating group) is 1. The molecule has 30 heavy (non-hydrogen) atoms. The summed E-state index contributed by atoms with van der Waals surface area (Å²) in [6.07, 6.45) is 8.25. The van der Waals surface area contributed by atoms with Crippen LogP contribution in [0.1, 0.15) is 18.2 Å². The average Bonchev–Trinajstić information content (AvgIpc) is 2.77. The van der Waals surface area contributed by atoms with Crippen LogP contribution in [0.3, 0.4) is 0 Å². The van der Waals surface area contributed by atoms with Gasteiger partial charge in [-0.05, 0) is 48.5 Å². The summed E-state index contributed by atoms with van der Waals surface area (Å²) in [4.78, 5) is 13.8. The van der Waals surface area contributed by atoms with Crippen LogP contribution in [0.15, 0.2) is 77.9 Å². The van der Waals surface area contributed by atoms with Crippen molar-refractivity contribution >= 4 is 33.2 Å². The minimum Gasteiger partial charge on any atom is -0.369 e. The second kappa shape index (κ2) is 10.4. The monoisotopic (exact) mass is 418 g/mol. The van der Waals surface area contributed by atoms with E-state index in [1.807, 2.05) is 20.2 Å². The molecule has 1 saturated heterocycles. The van der Waals surface area contributed by atoms with Crippen LogP contribution in [-0.4, -0.2) is 60.1 Å². The number of pyridine rings is 1. The van der Waals surface area contributed by atoms with Crippen molar-refractivity contribution in [1.82, 2.24) is 14.8 Å². The summed E-state index contributed by atoms with van der Waals surface area (Å²) in [5.41, 5.74) is 4.18. The third kappa shape index (κ3) is 5.29. The Hall–Kier alpha value is -2.63. The number of piperazine rings is 1. The van der Waals surface area contributed by atoms with Crippen molar-refractivity contribution in [2.24, 2.45) is 4.99 Å². The number of benzene rings is 1. The van der Waals surface area contributed by atoms with E-state index in [1.54, 1.807) is 5.41 Å². The van der Waals surface area contributed by atoms with Crippen LogP contribution < -0.4 is 0 Å². The van der Waals surface area contributed by atoms with Gasteiger partial charge in [0.15, 0.2) is 0 Å². The van der Waals surface area contributed by atoms with Gasteiger partial charge in [-0.2, -0.15) is 0 Å². The first kappa shape index (κ1) is 22.1. The van der Waals surface area contributed by atoms with Crippen molar-refractivity contribution in [3.8, 4) is 0 Å². The normalized spacial score (nSPS) is 16.4. The highest BCUT2D eigenvalue weighted by Crippen LogP contribution is 2.24. The van der Waals surface area contributed by atoms with Crippen molar-refractivity contribution in [2.75, 3.05) is 40.3 Å². The van der Waals surface area contributed by atoms with Gasteiger partial charge in [0.2, 0.25) is 0 Å². The van der Waals surface area contributed by atoms with Crippen LogP contribution >= 0.6 is 11.8 Å². The molecule has 3 rings (SSSR count). The summed E-state index contributed by atoms with van der Waals surface area (Å²) in [6, 6.07) is 8.48. The Kier molecular flexibility index (Phi) is 7.66. The molecule has 0 atom stereocenters. The van der Waals surface area contributed by atoms with Gasteiger partial charge in [0.05, 0.1) is 5.69 Å². The topological polar surface area (TPSA) is 31.7 Å². The minimum atomic E-state index is 0.955. The molecule has 0 aliphatic carbocycles. The second-order valence-corrected chi connectivity index (χ2v) is 8.26. The molecule has 0 saturated carbocycles. The molecule has 0 N–H and O–H groups in total. The van der Waals surface area contributed by atoms with E-state index in [-0.39, 0.29) is 0 Å². The smallest absolute Gasteiger partial charge is 0.101 e. The van der Waals surface area contributed by atoms with Crippen LogP contribution in [0.25, 0.3) is 16.3 Å². The van der Waals surface area contributed by atoms with Gasteiger partial charge in [-0.1, -0.05) is 49.2 Å². The van der Waals surface area contributed by atoms with Crippen molar-refractivity contribution in [3.63, 3.8) is 0 Å². The van der Waals surface area contributed by atoms with Crippen LogP contribution in [0, 0.1) is 0 Å². The molecule has 5 heteroatoms. The maximum atomic E-state index is 4.69. The lowest BCUT2D eigenvalue weighted by Crippen LogP contribution is -2.43. The molecule has 1 aliphatic heterocycles. The summed E-state index contributed by atoms with van der Waals surface area (Å²) < 4.78 is 0. The predicted molar refractivity (Wildman–Crippen MR) is 133 cm³/mol. The number of hydrogen-bond donors (Lipinski definition) is 0. The molecule has 0 amide bonds. The van der Waals surface area contributed by atoms with Crippen molar-refractivity contribution in [3.05, 3.63) is 84.2 Å². The summed E-state index contributed by atoms with van der Waals surface area (Å²) in [5.74, 6) is 0. The summed E-state index contributed by atoms with van der Waals surface area (Å²) in [5, 5.41) is 5.03. The van der Waals surface area contributed by atoms with Crippen LogP contribution in [0.4, 0.5) is 0 Å². The highest BCUT2D eigenvalue weighted by Gasteiger charge is 2.13.